The van der Waals surface area contributed by atoms with Crippen LogP contribution in [0.1, 0.15) is 18.1 Å². The molecule has 0 saturated heterocycles. The molecule has 0 bridgehead atoms. The van der Waals surface area contributed by atoms with Gasteiger partial charge in [-0.3, -0.25) is 0 Å². The van der Waals surface area contributed by atoms with Crippen molar-refractivity contribution in [1.29, 1.82) is 0 Å². The minimum absolute atomic E-state index is 0.185. The molecular weight excluding hydrogens is 422 g/mol. The van der Waals surface area contributed by atoms with Crippen LogP contribution in [0.3, 0.4) is 0 Å². The first-order chi connectivity index (χ1) is 12.5. The van der Waals surface area contributed by atoms with Crippen LogP contribution in [-0.2, 0) is 9.53 Å². The topological polar surface area (TPSA) is 57.1 Å². The molecule has 2 aromatic rings. The van der Waals surface area contributed by atoms with E-state index in [0.717, 1.165) is 4.47 Å². The standard InChI is InChI=1S/C19H15BrClNO4/c1-3-25-17-14(21)8-11(10-16(17)24-2)9-15-19(23)26-18(22-15)12-4-6-13(20)7-5-12/h4-10H,3H2,1-2H3/b15-9-. The number of hydrogen-bond donors (Lipinski definition) is 0. The molecule has 0 aliphatic carbocycles. The van der Waals surface area contributed by atoms with Crippen LogP contribution in [0.15, 0.2) is 51.6 Å². The molecule has 0 radical (unpaired) electrons. The number of esters is 1. The molecule has 2 aromatic carbocycles. The molecule has 7 heteroatoms. The number of rotatable bonds is 5. The molecule has 0 fully saturated rings. The van der Waals surface area contributed by atoms with Crippen molar-refractivity contribution in [3.8, 4) is 11.5 Å². The Bertz CT molecular complexity index is 907. The summed E-state index contributed by atoms with van der Waals surface area (Å²) >= 11 is 9.63. The maximum absolute atomic E-state index is 12.1. The Morgan fingerprint density at radius 3 is 2.65 bits per heavy atom. The van der Waals surface area contributed by atoms with Gasteiger partial charge in [-0.1, -0.05) is 27.5 Å². The van der Waals surface area contributed by atoms with Crippen LogP contribution in [0.4, 0.5) is 0 Å². The predicted octanol–water partition coefficient (Wildman–Crippen LogP) is 4.85. The van der Waals surface area contributed by atoms with Crippen molar-refractivity contribution >= 4 is 45.5 Å². The van der Waals surface area contributed by atoms with E-state index in [2.05, 4.69) is 20.9 Å². The Kier molecular flexibility index (Phi) is 5.64. The van der Waals surface area contributed by atoms with Gasteiger partial charge >= 0.3 is 5.97 Å². The normalized spacial score (nSPS) is 15.0. The van der Waals surface area contributed by atoms with Crippen molar-refractivity contribution in [2.75, 3.05) is 13.7 Å². The number of carbonyl (C=O) groups is 1. The van der Waals surface area contributed by atoms with Crippen LogP contribution < -0.4 is 9.47 Å². The van der Waals surface area contributed by atoms with E-state index in [4.69, 9.17) is 25.8 Å². The van der Waals surface area contributed by atoms with Crippen LogP contribution in [0.25, 0.3) is 6.08 Å². The molecule has 1 aliphatic heterocycles. The molecule has 0 amide bonds. The van der Waals surface area contributed by atoms with Gasteiger partial charge in [0.05, 0.1) is 18.7 Å². The number of aliphatic imine (C=N–C) groups is 1. The maximum atomic E-state index is 12.1. The molecule has 134 valence electrons. The summed E-state index contributed by atoms with van der Waals surface area (Å²) in [7, 11) is 1.53. The van der Waals surface area contributed by atoms with E-state index < -0.39 is 5.97 Å². The molecule has 0 N–H and O–H groups in total. The van der Waals surface area contributed by atoms with E-state index in [1.807, 2.05) is 31.2 Å². The van der Waals surface area contributed by atoms with Crippen molar-refractivity contribution in [3.63, 3.8) is 0 Å². The van der Waals surface area contributed by atoms with Crippen molar-refractivity contribution in [2.24, 2.45) is 4.99 Å². The molecule has 0 saturated carbocycles. The number of ether oxygens (including phenoxy) is 3. The molecule has 1 aliphatic rings. The first kappa shape index (κ1) is 18.5. The lowest BCUT2D eigenvalue weighted by Crippen LogP contribution is -2.05. The molecule has 0 aromatic heterocycles. The fraction of sp³-hybridized carbons (Fsp3) is 0.158. The third kappa shape index (κ3) is 3.92. The minimum Gasteiger partial charge on any atom is -0.493 e. The van der Waals surface area contributed by atoms with Crippen LogP contribution in [0.5, 0.6) is 11.5 Å². The summed E-state index contributed by atoms with van der Waals surface area (Å²) in [6.07, 6.45) is 1.60. The highest BCUT2D eigenvalue weighted by atomic mass is 79.9. The average molecular weight is 437 g/mol. The second-order valence-electron chi connectivity index (χ2n) is 5.31. The van der Waals surface area contributed by atoms with E-state index in [9.17, 15) is 4.79 Å². The summed E-state index contributed by atoms with van der Waals surface area (Å²) in [5, 5.41) is 0.390. The summed E-state index contributed by atoms with van der Waals surface area (Å²) in [5.74, 6) is 0.686. The third-order valence-electron chi connectivity index (χ3n) is 3.56. The van der Waals surface area contributed by atoms with Crippen molar-refractivity contribution in [3.05, 3.63) is 62.7 Å². The lowest BCUT2D eigenvalue weighted by Gasteiger charge is -2.11. The fourth-order valence-corrected chi connectivity index (χ4v) is 2.93. The Balaban J connectivity index is 1.95. The molecule has 0 spiro atoms. The predicted molar refractivity (Wildman–Crippen MR) is 104 cm³/mol. The van der Waals surface area contributed by atoms with Gasteiger partial charge in [0.1, 0.15) is 0 Å². The number of nitrogens with zero attached hydrogens (tertiary/aromatic N) is 1. The van der Waals surface area contributed by atoms with Crippen LogP contribution in [0.2, 0.25) is 5.02 Å². The molecule has 3 rings (SSSR count). The van der Waals surface area contributed by atoms with Gasteiger partial charge < -0.3 is 14.2 Å². The SMILES string of the molecule is CCOc1c(Cl)cc(/C=C2\N=C(c3ccc(Br)cc3)OC2=O)cc1OC. The van der Waals surface area contributed by atoms with Crippen molar-refractivity contribution in [1.82, 2.24) is 0 Å². The molecule has 0 unspecified atom stereocenters. The Hall–Kier alpha value is -2.31. The maximum Gasteiger partial charge on any atom is 0.363 e. The molecule has 1 heterocycles. The lowest BCUT2D eigenvalue weighted by molar-refractivity contribution is -0.129. The van der Waals surface area contributed by atoms with Gasteiger partial charge in [-0.2, -0.15) is 0 Å². The zero-order valence-corrected chi connectivity index (χ0v) is 16.4. The van der Waals surface area contributed by atoms with E-state index >= 15 is 0 Å². The van der Waals surface area contributed by atoms with Gasteiger partial charge in [-0.25, -0.2) is 9.79 Å². The smallest absolute Gasteiger partial charge is 0.363 e. The molecule has 0 atom stereocenters. The highest BCUT2D eigenvalue weighted by molar-refractivity contribution is 9.10. The summed E-state index contributed by atoms with van der Waals surface area (Å²) < 4.78 is 17.0. The quantitative estimate of drug-likeness (QED) is 0.496. The summed E-state index contributed by atoms with van der Waals surface area (Å²) in [6.45, 7) is 2.32. The summed E-state index contributed by atoms with van der Waals surface area (Å²) in [5.41, 5.74) is 1.56. The van der Waals surface area contributed by atoms with Crippen LogP contribution in [0, 0.1) is 0 Å². The van der Waals surface area contributed by atoms with Gasteiger partial charge in [0, 0.05) is 10.0 Å². The average Bonchev–Trinajstić information content (AvgIpc) is 2.98. The summed E-state index contributed by atoms with van der Waals surface area (Å²) in [6, 6.07) is 10.7. The molecular formula is C19H15BrClNO4. The Morgan fingerprint density at radius 2 is 2.00 bits per heavy atom. The number of cyclic esters (lactones) is 1. The molecule has 26 heavy (non-hydrogen) atoms. The molecule has 5 nitrogen and oxygen atoms in total. The van der Waals surface area contributed by atoms with Gasteiger partial charge in [0.2, 0.25) is 5.90 Å². The van der Waals surface area contributed by atoms with Gasteiger partial charge in [-0.05, 0) is 55.0 Å². The van der Waals surface area contributed by atoms with E-state index in [1.54, 1.807) is 18.2 Å². The van der Waals surface area contributed by atoms with Crippen molar-refractivity contribution < 1.29 is 19.0 Å². The number of methoxy groups -OCH3 is 1. The van der Waals surface area contributed by atoms with Gasteiger partial charge in [0.25, 0.3) is 0 Å². The first-order valence-electron chi connectivity index (χ1n) is 7.80. The largest absolute Gasteiger partial charge is 0.493 e. The highest BCUT2D eigenvalue weighted by Gasteiger charge is 2.24. The second-order valence-corrected chi connectivity index (χ2v) is 6.63. The zero-order valence-electron chi connectivity index (χ0n) is 14.1. The van der Waals surface area contributed by atoms with Crippen LogP contribution in [-0.4, -0.2) is 25.6 Å². The van der Waals surface area contributed by atoms with E-state index in [0.29, 0.717) is 34.3 Å². The van der Waals surface area contributed by atoms with Crippen LogP contribution >= 0.6 is 27.5 Å². The van der Waals surface area contributed by atoms with E-state index in [1.165, 1.54) is 7.11 Å². The number of benzene rings is 2. The van der Waals surface area contributed by atoms with Gasteiger partial charge in [0.15, 0.2) is 17.2 Å². The Morgan fingerprint density at radius 1 is 1.27 bits per heavy atom. The zero-order chi connectivity index (χ0) is 18.7. The number of halogens is 2. The fourth-order valence-electron chi connectivity index (χ4n) is 2.39. The van der Waals surface area contributed by atoms with Crippen molar-refractivity contribution in [2.45, 2.75) is 6.92 Å². The highest BCUT2D eigenvalue weighted by Crippen LogP contribution is 2.37. The summed E-state index contributed by atoms with van der Waals surface area (Å²) in [4.78, 5) is 16.4. The minimum atomic E-state index is -0.521. The Labute approximate surface area is 164 Å². The number of carbonyl (C=O) groups excluding carboxylic acids is 1. The monoisotopic (exact) mass is 435 g/mol. The second kappa shape index (κ2) is 7.93. The van der Waals surface area contributed by atoms with E-state index in [-0.39, 0.29) is 11.6 Å². The lowest BCUT2D eigenvalue weighted by atomic mass is 10.1. The van der Waals surface area contributed by atoms with Gasteiger partial charge in [-0.15, -0.1) is 0 Å². The number of hydrogen-bond acceptors (Lipinski definition) is 5. The third-order valence-corrected chi connectivity index (χ3v) is 4.36. The first-order valence-corrected chi connectivity index (χ1v) is 8.97.